The standard InChI is InChI=1S/C14H13N5O4S/c1-23-14-10(19(21)22)6-16-18(14)7-12(20)17-13-9(5-15)8-3-2-4-11(8)24-13/h6H,2-4,7H2,1H3,(H,17,20). The number of carbonyl (C=O) groups excluding carboxylic acids is 1. The highest BCUT2D eigenvalue weighted by Gasteiger charge is 2.25. The van der Waals surface area contributed by atoms with E-state index in [2.05, 4.69) is 16.5 Å². The average Bonchev–Trinajstić information content (AvgIpc) is 3.20. The third kappa shape index (κ3) is 2.69. The second-order valence-corrected chi connectivity index (χ2v) is 6.28. The van der Waals surface area contributed by atoms with Crippen LogP contribution in [0.5, 0.6) is 5.88 Å². The Morgan fingerprint density at radius 1 is 1.62 bits per heavy atom. The van der Waals surface area contributed by atoms with E-state index in [0.717, 1.165) is 40.6 Å². The summed E-state index contributed by atoms with van der Waals surface area (Å²) in [6, 6.07) is 2.15. The molecule has 1 N–H and O–H groups in total. The number of nitriles is 1. The SMILES string of the molecule is COc1c([N+](=O)[O-])cnn1CC(=O)Nc1sc2c(c1C#N)CCC2. The molecular formula is C14H13N5O4S. The number of nitrogens with zero attached hydrogens (tertiary/aromatic N) is 4. The van der Waals surface area contributed by atoms with Crippen LogP contribution in [0, 0.1) is 21.4 Å². The number of anilines is 1. The molecule has 0 aromatic carbocycles. The van der Waals surface area contributed by atoms with E-state index in [0.29, 0.717) is 10.6 Å². The molecule has 0 atom stereocenters. The van der Waals surface area contributed by atoms with Gasteiger partial charge in [-0.25, -0.2) is 4.68 Å². The third-order valence-electron chi connectivity index (χ3n) is 3.74. The van der Waals surface area contributed by atoms with E-state index in [9.17, 15) is 20.2 Å². The number of hydrogen-bond donors (Lipinski definition) is 1. The number of ether oxygens (including phenoxy) is 1. The van der Waals surface area contributed by atoms with Crippen molar-refractivity contribution in [2.45, 2.75) is 25.8 Å². The monoisotopic (exact) mass is 347 g/mol. The maximum Gasteiger partial charge on any atom is 0.350 e. The quantitative estimate of drug-likeness (QED) is 0.650. The van der Waals surface area contributed by atoms with Gasteiger partial charge in [-0.3, -0.25) is 14.9 Å². The van der Waals surface area contributed by atoms with E-state index in [1.807, 2.05) is 0 Å². The van der Waals surface area contributed by atoms with E-state index in [1.165, 1.54) is 18.4 Å². The number of hydrogen-bond acceptors (Lipinski definition) is 7. The van der Waals surface area contributed by atoms with Crippen LogP contribution >= 0.6 is 11.3 Å². The van der Waals surface area contributed by atoms with Crippen LogP contribution < -0.4 is 10.1 Å². The number of methoxy groups -OCH3 is 1. The van der Waals surface area contributed by atoms with Crippen LogP contribution in [0.1, 0.15) is 22.4 Å². The van der Waals surface area contributed by atoms with Gasteiger partial charge in [-0.15, -0.1) is 11.3 Å². The number of nitrogens with one attached hydrogen (secondary N) is 1. The average molecular weight is 347 g/mol. The van der Waals surface area contributed by atoms with Crippen molar-refractivity contribution in [3.63, 3.8) is 0 Å². The number of nitro groups is 1. The maximum absolute atomic E-state index is 12.2. The molecule has 9 nitrogen and oxygen atoms in total. The zero-order valence-electron chi connectivity index (χ0n) is 12.7. The van der Waals surface area contributed by atoms with Crippen molar-refractivity contribution in [3.8, 4) is 11.9 Å². The van der Waals surface area contributed by atoms with E-state index in [1.54, 1.807) is 0 Å². The normalized spacial score (nSPS) is 12.5. The lowest BCUT2D eigenvalue weighted by Crippen LogP contribution is -2.20. The Morgan fingerprint density at radius 3 is 3.08 bits per heavy atom. The number of aryl methyl sites for hydroxylation is 1. The first-order chi connectivity index (χ1) is 11.5. The molecule has 0 radical (unpaired) electrons. The van der Waals surface area contributed by atoms with Crippen molar-refractivity contribution in [1.82, 2.24) is 9.78 Å². The molecule has 0 fully saturated rings. The summed E-state index contributed by atoms with van der Waals surface area (Å²) in [5.41, 5.74) is 1.22. The highest BCUT2D eigenvalue weighted by atomic mass is 32.1. The molecule has 10 heteroatoms. The Labute approximate surface area is 140 Å². The van der Waals surface area contributed by atoms with Crippen LogP contribution in [-0.2, 0) is 24.2 Å². The third-order valence-corrected chi connectivity index (χ3v) is 4.95. The van der Waals surface area contributed by atoms with Crippen molar-refractivity contribution in [3.05, 3.63) is 32.3 Å². The van der Waals surface area contributed by atoms with Gasteiger partial charge in [-0.2, -0.15) is 10.4 Å². The molecule has 2 heterocycles. The smallest absolute Gasteiger partial charge is 0.350 e. The first kappa shape index (κ1) is 15.9. The first-order valence-corrected chi connectivity index (χ1v) is 7.95. The molecule has 0 saturated heterocycles. The van der Waals surface area contributed by atoms with Gasteiger partial charge in [0, 0.05) is 4.88 Å². The summed E-state index contributed by atoms with van der Waals surface area (Å²) in [4.78, 5) is 23.6. The van der Waals surface area contributed by atoms with Gasteiger partial charge in [0.2, 0.25) is 5.91 Å². The topological polar surface area (TPSA) is 123 Å². The minimum Gasteiger partial charge on any atom is -0.476 e. The molecule has 24 heavy (non-hydrogen) atoms. The van der Waals surface area contributed by atoms with Gasteiger partial charge in [0.1, 0.15) is 23.8 Å². The number of amides is 1. The predicted octanol–water partition coefficient (Wildman–Crippen LogP) is 1.86. The van der Waals surface area contributed by atoms with Gasteiger partial charge in [0.15, 0.2) is 0 Å². The fraction of sp³-hybridized carbons (Fsp3) is 0.357. The lowest BCUT2D eigenvalue weighted by molar-refractivity contribution is -0.385. The summed E-state index contributed by atoms with van der Waals surface area (Å²) in [5.74, 6) is -0.521. The van der Waals surface area contributed by atoms with E-state index in [4.69, 9.17) is 4.74 Å². The number of fused-ring (bicyclic) bond motifs is 1. The molecule has 124 valence electrons. The lowest BCUT2D eigenvalue weighted by atomic mass is 10.1. The maximum atomic E-state index is 12.2. The largest absolute Gasteiger partial charge is 0.476 e. The molecule has 0 aliphatic heterocycles. The summed E-state index contributed by atoms with van der Waals surface area (Å²) in [5, 5.41) is 27.2. The fourth-order valence-electron chi connectivity index (χ4n) is 2.72. The van der Waals surface area contributed by atoms with E-state index in [-0.39, 0.29) is 18.1 Å². The molecule has 0 spiro atoms. The lowest BCUT2D eigenvalue weighted by Gasteiger charge is -2.06. The number of thiophene rings is 1. The zero-order valence-corrected chi connectivity index (χ0v) is 13.6. The molecule has 0 saturated carbocycles. The van der Waals surface area contributed by atoms with Gasteiger partial charge in [-0.1, -0.05) is 0 Å². The van der Waals surface area contributed by atoms with Gasteiger partial charge in [0.25, 0.3) is 5.88 Å². The van der Waals surface area contributed by atoms with Crippen molar-refractivity contribution in [1.29, 1.82) is 5.26 Å². The number of rotatable bonds is 5. The summed E-state index contributed by atoms with van der Waals surface area (Å²) in [6.45, 7) is -0.246. The molecule has 1 aliphatic rings. The van der Waals surface area contributed by atoms with Crippen LogP contribution in [0.4, 0.5) is 10.7 Å². The Bertz CT molecular complexity index is 863. The van der Waals surface area contributed by atoms with E-state index < -0.39 is 10.8 Å². The second kappa shape index (κ2) is 6.29. The highest BCUT2D eigenvalue weighted by molar-refractivity contribution is 7.16. The zero-order chi connectivity index (χ0) is 17.3. The summed E-state index contributed by atoms with van der Waals surface area (Å²) < 4.78 is 6.06. The highest BCUT2D eigenvalue weighted by Crippen LogP contribution is 2.38. The second-order valence-electron chi connectivity index (χ2n) is 5.18. The molecule has 2 aromatic rings. The van der Waals surface area contributed by atoms with Gasteiger partial charge in [0.05, 0.1) is 17.6 Å². The summed E-state index contributed by atoms with van der Waals surface area (Å²) in [7, 11) is 1.27. The van der Waals surface area contributed by atoms with Crippen LogP contribution in [0.3, 0.4) is 0 Å². The Balaban J connectivity index is 1.78. The van der Waals surface area contributed by atoms with Crippen molar-refractivity contribution in [2.75, 3.05) is 12.4 Å². The summed E-state index contributed by atoms with van der Waals surface area (Å²) >= 11 is 1.41. The summed E-state index contributed by atoms with van der Waals surface area (Å²) in [6.07, 6.45) is 3.83. The van der Waals surface area contributed by atoms with Crippen molar-refractivity contribution in [2.24, 2.45) is 0 Å². The minimum atomic E-state index is -0.627. The Hall–Kier alpha value is -2.93. The molecule has 1 aliphatic carbocycles. The van der Waals surface area contributed by atoms with Crippen molar-refractivity contribution < 1.29 is 14.5 Å². The molecular weight excluding hydrogens is 334 g/mol. The molecule has 1 amide bonds. The Kier molecular flexibility index (Phi) is 4.18. The van der Waals surface area contributed by atoms with Crippen LogP contribution in [-0.4, -0.2) is 27.7 Å². The Morgan fingerprint density at radius 2 is 2.42 bits per heavy atom. The number of aromatic nitrogens is 2. The van der Waals surface area contributed by atoms with Crippen LogP contribution in [0.2, 0.25) is 0 Å². The fourth-order valence-corrected chi connectivity index (χ4v) is 3.98. The molecule has 2 aromatic heterocycles. The van der Waals surface area contributed by atoms with E-state index >= 15 is 0 Å². The molecule has 0 bridgehead atoms. The molecule has 3 rings (SSSR count). The predicted molar refractivity (Wildman–Crippen MR) is 85.1 cm³/mol. The first-order valence-electron chi connectivity index (χ1n) is 7.13. The number of carbonyl (C=O) groups is 1. The molecule has 0 unspecified atom stereocenters. The van der Waals surface area contributed by atoms with Gasteiger partial charge in [-0.05, 0) is 24.8 Å². The minimum absolute atomic E-state index is 0.0932. The van der Waals surface area contributed by atoms with Gasteiger partial charge < -0.3 is 10.1 Å². The van der Waals surface area contributed by atoms with Gasteiger partial charge >= 0.3 is 5.69 Å². The van der Waals surface area contributed by atoms with Crippen molar-refractivity contribution >= 4 is 27.9 Å². The van der Waals surface area contributed by atoms with Crippen LogP contribution in [0.25, 0.3) is 0 Å². The van der Waals surface area contributed by atoms with Crippen LogP contribution in [0.15, 0.2) is 6.20 Å².